The summed E-state index contributed by atoms with van der Waals surface area (Å²) < 4.78 is 0. The molecule has 3 heterocycles. The van der Waals surface area contributed by atoms with Crippen molar-refractivity contribution in [2.75, 3.05) is 26.2 Å². The first-order valence-electron chi connectivity index (χ1n) is 6.91. The average Bonchev–Trinajstić information content (AvgIpc) is 3.10. The first kappa shape index (κ1) is 13.0. The molecular formula is C13H20N4OS. The van der Waals surface area contributed by atoms with Crippen molar-refractivity contribution in [3.8, 4) is 0 Å². The average molecular weight is 280 g/mol. The third-order valence-corrected chi connectivity index (χ3v) is 4.95. The van der Waals surface area contributed by atoms with Gasteiger partial charge in [0, 0.05) is 25.2 Å². The van der Waals surface area contributed by atoms with Crippen molar-refractivity contribution in [2.24, 2.45) is 5.73 Å². The molecule has 2 aliphatic heterocycles. The van der Waals surface area contributed by atoms with E-state index in [1.165, 1.54) is 11.3 Å². The van der Waals surface area contributed by atoms with Crippen LogP contribution in [-0.4, -0.2) is 59.0 Å². The van der Waals surface area contributed by atoms with E-state index in [4.69, 9.17) is 5.73 Å². The molecule has 0 aromatic carbocycles. The summed E-state index contributed by atoms with van der Waals surface area (Å²) in [6.45, 7) is 3.87. The van der Waals surface area contributed by atoms with Crippen molar-refractivity contribution in [2.45, 2.75) is 31.3 Å². The molecule has 1 unspecified atom stereocenters. The van der Waals surface area contributed by atoms with Crippen LogP contribution < -0.4 is 5.73 Å². The number of likely N-dealkylation sites (tertiary alicyclic amines) is 2. The van der Waals surface area contributed by atoms with E-state index in [2.05, 4.69) is 9.88 Å². The molecule has 1 amide bonds. The second-order valence-corrected chi connectivity index (χ2v) is 6.32. The highest BCUT2D eigenvalue weighted by atomic mass is 32.1. The zero-order valence-corrected chi connectivity index (χ0v) is 11.8. The molecular weight excluding hydrogens is 260 g/mol. The van der Waals surface area contributed by atoms with E-state index in [1.807, 2.05) is 4.90 Å². The quantitative estimate of drug-likeness (QED) is 0.869. The van der Waals surface area contributed by atoms with Crippen LogP contribution in [0.25, 0.3) is 0 Å². The van der Waals surface area contributed by atoms with Crippen molar-refractivity contribution < 1.29 is 4.79 Å². The number of amides is 1. The Hall–Kier alpha value is -0.980. The summed E-state index contributed by atoms with van der Waals surface area (Å²) in [6, 6.07) is 0.886. The van der Waals surface area contributed by atoms with Gasteiger partial charge in [0.2, 0.25) is 0 Å². The van der Waals surface area contributed by atoms with E-state index in [9.17, 15) is 4.79 Å². The lowest BCUT2D eigenvalue weighted by atomic mass is 10.0. The van der Waals surface area contributed by atoms with E-state index < -0.39 is 0 Å². The molecule has 19 heavy (non-hydrogen) atoms. The lowest BCUT2D eigenvalue weighted by Gasteiger charge is -2.34. The number of hydrogen-bond donors (Lipinski definition) is 1. The van der Waals surface area contributed by atoms with Crippen LogP contribution in [0.3, 0.4) is 0 Å². The monoisotopic (exact) mass is 280 g/mol. The number of nitrogens with zero attached hydrogens (tertiary/aromatic N) is 3. The van der Waals surface area contributed by atoms with E-state index in [0.717, 1.165) is 50.3 Å². The Morgan fingerprint density at radius 1 is 1.32 bits per heavy atom. The summed E-state index contributed by atoms with van der Waals surface area (Å²) in [7, 11) is 0. The van der Waals surface area contributed by atoms with Crippen LogP contribution in [0.2, 0.25) is 0 Å². The minimum atomic E-state index is 0.138. The van der Waals surface area contributed by atoms with Gasteiger partial charge in [-0.15, -0.1) is 11.3 Å². The maximum atomic E-state index is 12.2. The predicted octanol–water partition coefficient (Wildman–Crippen LogP) is 0.781. The van der Waals surface area contributed by atoms with Gasteiger partial charge in [-0.3, -0.25) is 14.7 Å². The summed E-state index contributed by atoms with van der Waals surface area (Å²) in [6.07, 6.45) is 4.92. The number of nitrogens with two attached hydrogens (primary N) is 1. The van der Waals surface area contributed by atoms with Crippen LogP contribution in [0.1, 0.15) is 28.9 Å². The molecule has 0 spiro atoms. The van der Waals surface area contributed by atoms with Crippen molar-refractivity contribution in [1.82, 2.24) is 14.8 Å². The van der Waals surface area contributed by atoms with Crippen molar-refractivity contribution in [1.29, 1.82) is 0 Å². The molecule has 104 valence electrons. The summed E-state index contributed by atoms with van der Waals surface area (Å²) in [4.78, 5) is 21.4. The molecule has 2 saturated heterocycles. The molecule has 3 rings (SSSR count). The van der Waals surface area contributed by atoms with Gasteiger partial charge in [-0.25, -0.2) is 0 Å². The highest BCUT2D eigenvalue weighted by Gasteiger charge is 2.32. The molecule has 0 bridgehead atoms. The Balaban J connectivity index is 1.57. The lowest BCUT2D eigenvalue weighted by molar-refractivity contribution is 0.0774. The van der Waals surface area contributed by atoms with Crippen LogP contribution in [0, 0.1) is 0 Å². The molecule has 2 fully saturated rings. The van der Waals surface area contributed by atoms with Crippen LogP contribution in [-0.2, 0) is 0 Å². The minimum Gasteiger partial charge on any atom is -0.336 e. The van der Waals surface area contributed by atoms with Gasteiger partial charge in [-0.1, -0.05) is 0 Å². The van der Waals surface area contributed by atoms with Gasteiger partial charge in [0.1, 0.15) is 4.88 Å². The number of carbonyl (C=O) groups is 1. The summed E-state index contributed by atoms with van der Waals surface area (Å²) in [5, 5.41) is 0. The SMILES string of the molecule is NC1CCN(C2CCN(C(=O)c3cncs3)C2)CC1. The van der Waals surface area contributed by atoms with Gasteiger partial charge in [-0.05, 0) is 32.4 Å². The zero-order chi connectivity index (χ0) is 13.2. The maximum Gasteiger partial charge on any atom is 0.265 e. The van der Waals surface area contributed by atoms with Crippen LogP contribution >= 0.6 is 11.3 Å². The third-order valence-electron chi connectivity index (χ3n) is 4.18. The topological polar surface area (TPSA) is 62.5 Å². The Labute approximate surface area is 117 Å². The fourth-order valence-electron chi connectivity index (χ4n) is 2.99. The highest BCUT2D eigenvalue weighted by molar-refractivity contribution is 7.11. The van der Waals surface area contributed by atoms with E-state index >= 15 is 0 Å². The lowest BCUT2D eigenvalue weighted by Crippen LogP contribution is -2.46. The van der Waals surface area contributed by atoms with Crippen molar-refractivity contribution >= 4 is 17.2 Å². The first-order valence-corrected chi connectivity index (χ1v) is 7.79. The van der Waals surface area contributed by atoms with E-state index in [1.54, 1.807) is 11.7 Å². The smallest absolute Gasteiger partial charge is 0.265 e. The Bertz CT molecular complexity index is 428. The second kappa shape index (κ2) is 5.56. The van der Waals surface area contributed by atoms with Crippen LogP contribution in [0.4, 0.5) is 0 Å². The number of hydrogen-bond acceptors (Lipinski definition) is 5. The third kappa shape index (κ3) is 2.80. The normalized spacial score (nSPS) is 25.9. The van der Waals surface area contributed by atoms with Gasteiger partial charge in [-0.2, -0.15) is 0 Å². The number of thiazole rings is 1. The number of aromatic nitrogens is 1. The van der Waals surface area contributed by atoms with Gasteiger partial charge >= 0.3 is 0 Å². The van der Waals surface area contributed by atoms with Gasteiger partial charge in [0.05, 0.1) is 11.7 Å². The number of rotatable bonds is 2. The molecule has 0 saturated carbocycles. The highest BCUT2D eigenvalue weighted by Crippen LogP contribution is 2.22. The van der Waals surface area contributed by atoms with Gasteiger partial charge in [0.15, 0.2) is 0 Å². The standard InChI is InChI=1S/C13H20N4OS/c14-10-1-4-16(5-2-10)11-3-6-17(8-11)13(18)12-7-15-9-19-12/h7,9-11H,1-6,8,14H2. The Kier molecular flexibility index (Phi) is 3.81. The summed E-state index contributed by atoms with van der Waals surface area (Å²) in [5.74, 6) is 0.138. The molecule has 1 aromatic rings. The Morgan fingerprint density at radius 3 is 2.79 bits per heavy atom. The molecule has 5 nitrogen and oxygen atoms in total. The van der Waals surface area contributed by atoms with Crippen molar-refractivity contribution in [3.63, 3.8) is 0 Å². The fraction of sp³-hybridized carbons (Fsp3) is 0.692. The second-order valence-electron chi connectivity index (χ2n) is 5.43. The van der Waals surface area contributed by atoms with E-state index in [-0.39, 0.29) is 5.91 Å². The molecule has 0 radical (unpaired) electrons. The number of carbonyl (C=O) groups excluding carboxylic acids is 1. The molecule has 2 aliphatic rings. The van der Waals surface area contributed by atoms with Crippen LogP contribution in [0.5, 0.6) is 0 Å². The van der Waals surface area contributed by atoms with Gasteiger partial charge in [0.25, 0.3) is 5.91 Å². The minimum absolute atomic E-state index is 0.138. The predicted molar refractivity (Wildman–Crippen MR) is 75.2 cm³/mol. The molecule has 6 heteroatoms. The number of piperidine rings is 1. The van der Waals surface area contributed by atoms with Crippen molar-refractivity contribution in [3.05, 3.63) is 16.6 Å². The zero-order valence-electron chi connectivity index (χ0n) is 11.0. The maximum absolute atomic E-state index is 12.2. The molecule has 0 aliphatic carbocycles. The largest absolute Gasteiger partial charge is 0.336 e. The first-order chi connectivity index (χ1) is 9.24. The molecule has 2 N–H and O–H groups in total. The summed E-state index contributed by atoms with van der Waals surface area (Å²) >= 11 is 1.42. The van der Waals surface area contributed by atoms with Crippen LogP contribution in [0.15, 0.2) is 11.7 Å². The van der Waals surface area contributed by atoms with Gasteiger partial charge < -0.3 is 10.6 Å². The summed E-state index contributed by atoms with van der Waals surface area (Å²) in [5.41, 5.74) is 7.65. The molecule has 1 atom stereocenters. The molecule has 1 aromatic heterocycles. The Morgan fingerprint density at radius 2 is 2.11 bits per heavy atom. The van der Waals surface area contributed by atoms with E-state index in [0.29, 0.717) is 12.1 Å². The fourth-order valence-corrected chi connectivity index (χ4v) is 3.57.